The number of carbonyl (C=O) groups excluding carboxylic acids is 1. The first-order valence-electron chi connectivity index (χ1n) is 8.22. The minimum Gasteiger partial charge on any atom is -0.364 e. The molecule has 2 aromatic rings. The van der Waals surface area contributed by atoms with Crippen molar-refractivity contribution in [3.05, 3.63) is 30.0 Å². The monoisotopic (exact) mass is 313 g/mol. The highest BCUT2D eigenvalue weighted by atomic mass is 16.1. The molecule has 2 bridgehead atoms. The maximum atomic E-state index is 11.7. The summed E-state index contributed by atoms with van der Waals surface area (Å²) in [4.78, 5) is 16.7. The van der Waals surface area contributed by atoms with Gasteiger partial charge < -0.3 is 10.6 Å². The summed E-state index contributed by atoms with van der Waals surface area (Å²) in [5.41, 5.74) is 6.93. The van der Waals surface area contributed by atoms with Gasteiger partial charge >= 0.3 is 0 Å². The molecule has 0 radical (unpaired) electrons. The number of nitrogens with two attached hydrogens (primary N) is 1. The highest BCUT2D eigenvalue weighted by Gasteiger charge is 2.39. The van der Waals surface area contributed by atoms with Crippen LogP contribution in [0.25, 0.3) is 10.9 Å². The molecule has 1 aromatic heterocycles. The van der Waals surface area contributed by atoms with Crippen LogP contribution in [0.5, 0.6) is 0 Å². The van der Waals surface area contributed by atoms with Crippen LogP contribution in [0.3, 0.4) is 0 Å². The number of piperazine rings is 1. The normalized spacial score (nSPS) is 29.0. The lowest BCUT2D eigenvalue weighted by Crippen LogP contribution is -2.59. The number of aromatic nitrogens is 2. The first kappa shape index (κ1) is 14.7. The summed E-state index contributed by atoms with van der Waals surface area (Å²) >= 11 is 0. The molecule has 2 fully saturated rings. The van der Waals surface area contributed by atoms with Crippen molar-refractivity contribution in [1.29, 1.82) is 0 Å². The molecule has 6 nitrogen and oxygen atoms in total. The van der Waals surface area contributed by atoms with Crippen LogP contribution in [0.2, 0.25) is 0 Å². The van der Waals surface area contributed by atoms with Crippen LogP contribution in [0.1, 0.15) is 29.4 Å². The predicted molar refractivity (Wildman–Crippen MR) is 89.4 cm³/mol. The van der Waals surface area contributed by atoms with Crippen molar-refractivity contribution in [3.63, 3.8) is 0 Å². The number of amides is 1. The first-order valence-corrected chi connectivity index (χ1v) is 8.22. The Labute approximate surface area is 135 Å². The number of para-hydroxylation sites is 1. The molecule has 0 aliphatic carbocycles. The van der Waals surface area contributed by atoms with E-state index in [1.54, 1.807) is 0 Å². The van der Waals surface area contributed by atoms with Gasteiger partial charge in [0.25, 0.3) is 5.91 Å². The molecule has 6 heteroatoms. The lowest BCUT2D eigenvalue weighted by Gasteiger charge is -2.50. The Balaban J connectivity index is 1.74. The van der Waals surface area contributed by atoms with Gasteiger partial charge in [-0.2, -0.15) is 5.10 Å². The van der Waals surface area contributed by atoms with E-state index >= 15 is 0 Å². The maximum Gasteiger partial charge on any atom is 0.269 e. The molecule has 4 rings (SSSR count). The molecule has 3 heterocycles. The van der Waals surface area contributed by atoms with E-state index in [1.807, 2.05) is 28.9 Å². The van der Waals surface area contributed by atoms with E-state index in [-0.39, 0.29) is 0 Å². The van der Waals surface area contributed by atoms with E-state index in [0.29, 0.717) is 23.8 Å². The zero-order valence-electron chi connectivity index (χ0n) is 13.6. The van der Waals surface area contributed by atoms with Gasteiger partial charge in [-0.25, -0.2) is 0 Å². The molecule has 122 valence electrons. The van der Waals surface area contributed by atoms with Crippen molar-refractivity contribution in [1.82, 2.24) is 19.6 Å². The van der Waals surface area contributed by atoms with Crippen molar-refractivity contribution in [2.24, 2.45) is 5.73 Å². The summed E-state index contributed by atoms with van der Waals surface area (Å²) in [7, 11) is 4.43. The molecular formula is C17H23N5O. The number of nitrogens with zero attached hydrogens (tertiary/aromatic N) is 4. The highest BCUT2D eigenvalue weighted by molar-refractivity contribution is 6.04. The average molecular weight is 313 g/mol. The van der Waals surface area contributed by atoms with Crippen LogP contribution in [0.4, 0.5) is 0 Å². The predicted octanol–water partition coefficient (Wildman–Crippen LogP) is 1.08. The second kappa shape index (κ2) is 5.32. The number of hydrogen-bond acceptors (Lipinski definition) is 4. The summed E-state index contributed by atoms with van der Waals surface area (Å²) < 4.78 is 2.05. The fourth-order valence-corrected chi connectivity index (χ4v) is 4.30. The SMILES string of the molecule is CN1CC2CC(n3nc(C(N)=O)c4ccccc43)CC(C1)N2C. The number of fused-ring (bicyclic) bond motifs is 3. The third-order valence-corrected chi connectivity index (χ3v) is 5.48. The summed E-state index contributed by atoms with van der Waals surface area (Å²) in [5.74, 6) is -0.451. The lowest BCUT2D eigenvalue weighted by molar-refractivity contribution is -0.000173. The van der Waals surface area contributed by atoms with E-state index in [9.17, 15) is 4.79 Å². The van der Waals surface area contributed by atoms with Gasteiger partial charge in [-0.1, -0.05) is 18.2 Å². The largest absolute Gasteiger partial charge is 0.364 e. The molecule has 0 spiro atoms. The third kappa shape index (κ3) is 2.33. The van der Waals surface area contributed by atoms with Crippen LogP contribution in [0.15, 0.2) is 24.3 Å². The summed E-state index contributed by atoms with van der Waals surface area (Å²) in [6, 6.07) is 9.30. The minimum atomic E-state index is -0.451. The van der Waals surface area contributed by atoms with Gasteiger partial charge in [-0.3, -0.25) is 14.4 Å². The van der Waals surface area contributed by atoms with Gasteiger partial charge in [0, 0.05) is 30.6 Å². The molecular weight excluding hydrogens is 290 g/mol. The molecule has 2 aliphatic rings. The zero-order chi connectivity index (χ0) is 16.1. The third-order valence-electron chi connectivity index (χ3n) is 5.48. The van der Waals surface area contributed by atoms with Gasteiger partial charge in [0.05, 0.1) is 11.6 Å². The van der Waals surface area contributed by atoms with Crippen molar-refractivity contribution in [2.75, 3.05) is 27.2 Å². The van der Waals surface area contributed by atoms with Crippen LogP contribution in [-0.4, -0.2) is 64.8 Å². The minimum absolute atomic E-state index is 0.327. The molecule has 1 aromatic carbocycles. The van der Waals surface area contributed by atoms with E-state index in [2.05, 4.69) is 29.0 Å². The van der Waals surface area contributed by atoms with Crippen LogP contribution in [0, 0.1) is 0 Å². The van der Waals surface area contributed by atoms with E-state index in [4.69, 9.17) is 5.73 Å². The van der Waals surface area contributed by atoms with Crippen LogP contribution in [-0.2, 0) is 0 Å². The number of benzene rings is 1. The summed E-state index contributed by atoms with van der Waals surface area (Å²) in [6.07, 6.45) is 2.11. The van der Waals surface area contributed by atoms with Crippen LogP contribution < -0.4 is 5.73 Å². The van der Waals surface area contributed by atoms with Crippen molar-refractivity contribution >= 4 is 16.8 Å². The Kier molecular flexibility index (Phi) is 3.39. The van der Waals surface area contributed by atoms with Gasteiger partial charge in [0.2, 0.25) is 0 Å². The Bertz CT molecular complexity index is 739. The quantitative estimate of drug-likeness (QED) is 0.901. The molecule has 1 amide bonds. The first-order chi connectivity index (χ1) is 11.0. The molecule has 2 atom stereocenters. The number of primary amides is 1. The zero-order valence-corrected chi connectivity index (χ0v) is 13.6. The molecule has 2 aliphatic heterocycles. The second-order valence-electron chi connectivity index (χ2n) is 6.99. The van der Waals surface area contributed by atoms with E-state index in [1.165, 1.54) is 0 Å². The highest BCUT2D eigenvalue weighted by Crippen LogP contribution is 2.35. The Hall–Kier alpha value is -1.92. The molecule has 2 saturated heterocycles. The lowest BCUT2D eigenvalue weighted by atomic mass is 9.88. The molecule has 0 saturated carbocycles. The van der Waals surface area contributed by atoms with Gasteiger partial charge in [0.1, 0.15) is 0 Å². The number of carbonyl (C=O) groups is 1. The molecule has 2 unspecified atom stereocenters. The average Bonchev–Trinajstić information content (AvgIpc) is 2.88. The van der Waals surface area contributed by atoms with Crippen molar-refractivity contribution in [3.8, 4) is 0 Å². The topological polar surface area (TPSA) is 67.4 Å². The fraction of sp³-hybridized carbons (Fsp3) is 0.529. The van der Waals surface area contributed by atoms with Gasteiger partial charge in [0.15, 0.2) is 5.69 Å². The van der Waals surface area contributed by atoms with Crippen LogP contribution >= 0.6 is 0 Å². The standard InChI is InChI=1S/C17H23N5O/c1-20-9-12-7-11(8-13(10-20)21(12)2)22-15-6-4-3-5-14(15)16(19-22)17(18)23/h3-6,11-13H,7-10H2,1-2H3,(H2,18,23). The number of hydrogen-bond donors (Lipinski definition) is 1. The second-order valence-corrected chi connectivity index (χ2v) is 6.99. The Morgan fingerprint density at radius 1 is 1.13 bits per heavy atom. The Morgan fingerprint density at radius 2 is 1.78 bits per heavy atom. The van der Waals surface area contributed by atoms with E-state index in [0.717, 1.165) is 36.8 Å². The molecule has 2 N–H and O–H groups in total. The maximum absolute atomic E-state index is 11.7. The number of rotatable bonds is 2. The fourth-order valence-electron chi connectivity index (χ4n) is 4.30. The molecule has 23 heavy (non-hydrogen) atoms. The van der Waals surface area contributed by atoms with Crippen molar-refractivity contribution < 1.29 is 4.79 Å². The number of likely N-dealkylation sites (tertiary alicyclic amines) is 1. The number of likely N-dealkylation sites (N-methyl/N-ethyl adjacent to an activating group) is 2. The van der Waals surface area contributed by atoms with E-state index < -0.39 is 5.91 Å². The summed E-state index contributed by atoms with van der Waals surface area (Å²) in [6.45, 7) is 2.18. The van der Waals surface area contributed by atoms with Crippen molar-refractivity contribution in [2.45, 2.75) is 31.0 Å². The van der Waals surface area contributed by atoms with Gasteiger partial charge in [-0.05, 0) is 33.0 Å². The number of piperidine rings is 1. The smallest absolute Gasteiger partial charge is 0.269 e. The summed E-state index contributed by atoms with van der Waals surface area (Å²) in [5, 5.41) is 5.46. The Morgan fingerprint density at radius 3 is 2.43 bits per heavy atom. The van der Waals surface area contributed by atoms with Gasteiger partial charge in [-0.15, -0.1) is 0 Å².